The van der Waals surface area contributed by atoms with Crippen LogP contribution in [0, 0.1) is 5.41 Å². The molecule has 2 aromatic carbocycles. The smallest absolute Gasteiger partial charge is 0.119 e. The van der Waals surface area contributed by atoms with Crippen LogP contribution in [0.15, 0.2) is 60.7 Å². The molecule has 0 spiro atoms. The number of benzene rings is 2. The lowest BCUT2D eigenvalue weighted by Gasteiger charge is -2.40. The molecule has 3 nitrogen and oxygen atoms in total. The summed E-state index contributed by atoms with van der Waals surface area (Å²) in [5.74, 6) is 1.77. The van der Waals surface area contributed by atoms with Gasteiger partial charge in [0, 0.05) is 0 Å². The van der Waals surface area contributed by atoms with Crippen LogP contribution in [0.1, 0.15) is 0 Å². The van der Waals surface area contributed by atoms with Gasteiger partial charge in [-0.2, -0.15) is 0 Å². The molecule has 1 aliphatic rings. The first-order valence-corrected chi connectivity index (χ1v) is 6.80. The van der Waals surface area contributed by atoms with Crippen molar-refractivity contribution >= 4 is 0 Å². The molecule has 104 valence electrons. The monoisotopic (exact) mass is 270 g/mol. The lowest BCUT2D eigenvalue weighted by molar-refractivity contribution is -0.149. The standard InChI is InChI=1S/C17H18O3/c1-3-7-15(8-4-1)19-13-17(11-18-12-17)14-20-16-9-5-2-6-10-16/h1-10H,11-14H2. The Morgan fingerprint density at radius 3 is 1.55 bits per heavy atom. The summed E-state index contributed by atoms with van der Waals surface area (Å²) in [5, 5.41) is 0. The number of rotatable bonds is 6. The fraction of sp³-hybridized carbons (Fsp3) is 0.294. The summed E-state index contributed by atoms with van der Waals surface area (Å²) in [7, 11) is 0. The molecule has 0 aromatic heterocycles. The van der Waals surface area contributed by atoms with Gasteiger partial charge in [0.25, 0.3) is 0 Å². The molecule has 0 radical (unpaired) electrons. The summed E-state index contributed by atoms with van der Waals surface area (Å²) in [5.41, 5.74) is -0.0360. The van der Waals surface area contributed by atoms with Crippen LogP contribution in [-0.4, -0.2) is 26.4 Å². The molecule has 0 amide bonds. The van der Waals surface area contributed by atoms with Gasteiger partial charge in [-0.1, -0.05) is 36.4 Å². The Kier molecular flexibility index (Phi) is 3.88. The van der Waals surface area contributed by atoms with Crippen LogP contribution in [0.25, 0.3) is 0 Å². The Morgan fingerprint density at radius 2 is 1.20 bits per heavy atom. The Hall–Kier alpha value is -2.00. The van der Waals surface area contributed by atoms with E-state index in [1.165, 1.54) is 0 Å². The molecule has 0 N–H and O–H groups in total. The quantitative estimate of drug-likeness (QED) is 0.807. The number of hydrogen-bond acceptors (Lipinski definition) is 3. The third kappa shape index (κ3) is 3.11. The van der Waals surface area contributed by atoms with Crippen molar-refractivity contribution in [2.75, 3.05) is 26.4 Å². The Morgan fingerprint density at radius 1 is 0.750 bits per heavy atom. The molecule has 2 aromatic rings. The molecule has 1 heterocycles. The maximum atomic E-state index is 5.84. The minimum atomic E-state index is -0.0360. The van der Waals surface area contributed by atoms with Gasteiger partial charge in [-0.15, -0.1) is 0 Å². The van der Waals surface area contributed by atoms with Gasteiger partial charge in [0.05, 0.1) is 18.6 Å². The van der Waals surface area contributed by atoms with Gasteiger partial charge in [0.1, 0.15) is 24.7 Å². The van der Waals surface area contributed by atoms with E-state index < -0.39 is 0 Å². The molecule has 0 aliphatic carbocycles. The summed E-state index contributed by atoms with van der Waals surface area (Å²) in [6.45, 7) is 2.60. The van der Waals surface area contributed by atoms with Gasteiger partial charge >= 0.3 is 0 Å². The predicted molar refractivity (Wildman–Crippen MR) is 77.1 cm³/mol. The zero-order valence-electron chi connectivity index (χ0n) is 11.3. The lowest BCUT2D eigenvalue weighted by atomic mass is 9.88. The van der Waals surface area contributed by atoms with Crippen LogP contribution in [0.4, 0.5) is 0 Å². The maximum Gasteiger partial charge on any atom is 0.119 e. The molecular formula is C17H18O3. The second kappa shape index (κ2) is 5.97. The summed E-state index contributed by atoms with van der Waals surface area (Å²) < 4.78 is 17.0. The third-order valence-corrected chi connectivity index (χ3v) is 3.39. The average Bonchev–Trinajstić information content (AvgIpc) is 2.48. The predicted octanol–water partition coefficient (Wildman–Crippen LogP) is 3.16. The van der Waals surface area contributed by atoms with Gasteiger partial charge in [-0.25, -0.2) is 0 Å². The third-order valence-electron chi connectivity index (χ3n) is 3.39. The van der Waals surface area contributed by atoms with Crippen molar-refractivity contribution in [1.82, 2.24) is 0 Å². The second-order valence-corrected chi connectivity index (χ2v) is 5.20. The number of hydrogen-bond donors (Lipinski definition) is 0. The second-order valence-electron chi connectivity index (χ2n) is 5.20. The highest BCUT2D eigenvalue weighted by atomic mass is 16.5. The highest BCUT2D eigenvalue weighted by Gasteiger charge is 2.40. The van der Waals surface area contributed by atoms with E-state index >= 15 is 0 Å². The first-order valence-electron chi connectivity index (χ1n) is 6.80. The van der Waals surface area contributed by atoms with E-state index in [9.17, 15) is 0 Å². The van der Waals surface area contributed by atoms with E-state index in [0.717, 1.165) is 11.5 Å². The zero-order valence-corrected chi connectivity index (χ0v) is 11.3. The van der Waals surface area contributed by atoms with Gasteiger partial charge < -0.3 is 14.2 Å². The Balaban J connectivity index is 1.55. The molecule has 1 fully saturated rings. The highest BCUT2D eigenvalue weighted by Crippen LogP contribution is 2.29. The topological polar surface area (TPSA) is 27.7 Å². The van der Waals surface area contributed by atoms with Gasteiger partial charge in [0.2, 0.25) is 0 Å². The van der Waals surface area contributed by atoms with Crippen LogP contribution >= 0.6 is 0 Å². The molecule has 3 heteroatoms. The molecule has 1 saturated heterocycles. The number of para-hydroxylation sites is 2. The summed E-state index contributed by atoms with van der Waals surface area (Å²) >= 11 is 0. The fourth-order valence-electron chi connectivity index (χ4n) is 2.11. The summed E-state index contributed by atoms with van der Waals surface area (Å²) in [6.07, 6.45) is 0. The minimum Gasteiger partial charge on any atom is -0.493 e. The van der Waals surface area contributed by atoms with Crippen LogP contribution in [0.3, 0.4) is 0 Å². The van der Waals surface area contributed by atoms with Crippen molar-refractivity contribution in [3.63, 3.8) is 0 Å². The van der Waals surface area contributed by atoms with E-state index in [2.05, 4.69) is 0 Å². The minimum absolute atomic E-state index is 0.0360. The molecular weight excluding hydrogens is 252 g/mol. The van der Waals surface area contributed by atoms with Crippen LogP contribution < -0.4 is 9.47 Å². The Labute approximate surface area is 119 Å². The van der Waals surface area contributed by atoms with Crippen molar-refractivity contribution in [2.45, 2.75) is 0 Å². The molecule has 3 rings (SSSR count). The van der Waals surface area contributed by atoms with Crippen molar-refractivity contribution in [1.29, 1.82) is 0 Å². The van der Waals surface area contributed by atoms with E-state index in [4.69, 9.17) is 14.2 Å². The number of ether oxygens (including phenoxy) is 3. The van der Waals surface area contributed by atoms with Crippen LogP contribution in [0.5, 0.6) is 11.5 Å². The Bertz CT molecular complexity index is 475. The van der Waals surface area contributed by atoms with E-state index in [1.54, 1.807) is 0 Å². The van der Waals surface area contributed by atoms with Gasteiger partial charge in [-0.05, 0) is 24.3 Å². The van der Waals surface area contributed by atoms with Crippen molar-refractivity contribution in [3.8, 4) is 11.5 Å². The van der Waals surface area contributed by atoms with E-state index in [1.807, 2.05) is 60.7 Å². The zero-order chi connectivity index (χ0) is 13.7. The molecule has 1 aliphatic heterocycles. The van der Waals surface area contributed by atoms with Crippen molar-refractivity contribution < 1.29 is 14.2 Å². The van der Waals surface area contributed by atoms with Crippen molar-refractivity contribution in [3.05, 3.63) is 60.7 Å². The van der Waals surface area contributed by atoms with E-state index in [-0.39, 0.29) is 5.41 Å². The van der Waals surface area contributed by atoms with Crippen molar-refractivity contribution in [2.24, 2.45) is 5.41 Å². The SMILES string of the molecule is c1ccc(OCC2(COc3ccccc3)COC2)cc1. The fourth-order valence-corrected chi connectivity index (χ4v) is 2.11. The average molecular weight is 270 g/mol. The summed E-state index contributed by atoms with van der Waals surface area (Å²) in [4.78, 5) is 0. The maximum absolute atomic E-state index is 5.84. The normalized spacial score (nSPS) is 16.2. The molecule has 0 saturated carbocycles. The summed E-state index contributed by atoms with van der Waals surface area (Å²) in [6, 6.07) is 19.7. The van der Waals surface area contributed by atoms with Crippen LogP contribution in [-0.2, 0) is 4.74 Å². The molecule has 0 unspecified atom stereocenters. The molecule has 0 bridgehead atoms. The molecule has 20 heavy (non-hydrogen) atoms. The highest BCUT2D eigenvalue weighted by molar-refractivity contribution is 5.22. The van der Waals surface area contributed by atoms with Crippen LogP contribution in [0.2, 0.25) is 0 Å². The van der Waals surface area contributed by atoms with Gasteiger partial charge in [0.15, 0.2) is 0 Å². The first kappa shape index (κ1) is 13.0. The van der Waals surface area contributed by atoms with E-state index in [0.29, 0.717) is 26.4 Å². The largest absolute Gasteiger partial charge is 0.493 e. The first-order chi connectivity index (χ1) is 9.86. The molecule has 0 atom stereocenters. The lowest BCUT2D eigenvalue weighted by Crippen LogP contribution is -2.51. The van der Waals surface area contributed by atoms with Gasteiger partial charge in [-0.3, -0.25) is 0 Å².